The lowest BCUT2D eigenvalue weighted by Crippen LogP contribution is -2.44. The quantitative estimate of drug-likeness (QED) is 0.137. The number of ether oxygens (including phenoxy) is 6. The van der Waals surface area contributed by atoms with Crippen LogP contribution >= 0.6 is 0 Å². The largest absolute Gasteiger partial charge is 0.467 e. The van der Waals surface area contributed by atoms with E-state index >= 15 is 0 Å². The van der Waals surface area contributed by atoms with E-state index in [-0.39, 0.29) is 49.5 Å². The van der Waals surface area contributed by atoms with Crippen LogP contribution in [0.4, 0.5) is 0 Å². The second-order valence-electron chi connectivity index (χ2n) is 9.12. The van der Waals surface area contributed by atoms with Crippen molar-refractivity contribution < 1.29 is 57.2 Å². The Balaban J connectivity index is 1.80. The molecule has 12 heteroatoms. The molecule has 0 aliphatic heterocycles. The van der Waals surface area contributed by atoms with Gasteiger partial charge in [-0.3, -0.25) is 9.59 Å². The van der Waals surface area contributed by atoms with Crippen LogP contribution in [0.25, 0.3) is 0 Å². The number of carbonyl (C=O) groups is 6. The highest BCUT2D eigenvalue weighted by atomic mass is 16.6. The zero-order valence-electron chi connectivity index (χ0n) is 20.3. The molecule has 0 N–H and O–H groups in total. The van der Waals surface area contributed by atoms with Gasteiger partial charge in [-0.2, -0.15) is 0 Å². The molecule has 12 nitrogen and oxygen atoms in total. The van der Waals surface area contributed by atoms with E-state index in [4.69, 9.17) is 18.9 Å². The van der Waals surface area contributed by atoms with Crippen LogP contribution in [0.3, 0.4) is 0 Å². The lowest BCUT2D eigenvalue weighted by atomic mass is 9.83. The summed E-state index contributed by atoms with van der Waals surface area (Å²) >= 11 is 0. The Morgan fingerprint density at radius 3 is 1.37 bits per heavy atom. The Morgan fingerprint density at radius 1 is 0.714 bits per heavy atom. The number of carbonyl (C=O) groups excluding carboxylic acids is 6. The maximum absolute atomic E-state index is 12.4. The molecule has 2 rings (SSSR count). The van der Waals surface area contributed by atoms with Gasteiger partial charge in [0.05, 0.1) is 27.4 Å². The van der Waals surface area contributed by atoms with E-state index in [2.05, 4.69) is 9.47 Å². The first kappa shape index (κ1) is 28.4. The summed E-state index contributed by atoms with van der Waals surface area (Å²) in [5.74, 6) is -2.59. The van der Waals surface area contributed by atoms with Crippen LogP contribution in [0.5, 0.6) is 0 Å². The average molecular weight is 500 g/mol. The first-order chi connectivity index (χ1) is 16.5. The summed E-state index contributed by atoms with van der Waals surface area (Å²) in [5, 5.41) is 0. The van der Waals surface area contributed by atoms with Gasteiger partial charge in [0, 0.05) is 0 Å². The molecule has 0 aromatic rings. The molecule has 0 aromatic carbocycles. The van der Waals surface area contributed by atoms with Gasteiger partial charge in [-0.05, 0) is 56.8 Å². The number of aldehydes is 2. The second kappa shape index (κ2) is 12.2. The van der Waals surface area contributed by atoms with E-state index in [1.807, 2.05) is 0 Å². The molecule has 6 atom stereocenters. The normalized spacial score (nSPS) is 26.1. The van der Waals surface area contributed by atoms with Crippen LogP contribution in [0.1, 0.15) is 33.1 Å². The number of hydrogen-bond acceptors (Lipinski definition) is 12. The molecule has 2 aliphatic carbocycles. The van der Waals surface area contributed by atoms with E-state index in [0.29, 0.717) is 0 Å². The van der Waals surface area contributed by atoms with Crippen molar-refractivity contribution in [1.29, 1.82) is 0 Å². The third-order valence-electron chi connectivity index (χ3n) is 6.70. The topological polar surface area (TPSA) is 158 Å². The molecule has 2 aliphatic rings. The minimum absolute atomic E-state index is 0.0797. The van der Waals surface area contributed by atoms with Crippen molar-refractivity contribution in [2.45, 2.75) is 44.3 Å². The predicted octanol–water partition coefficient (Wildman–Crippen LogP) is 0.0295. The molecule has 35 heavy (non-hydrogen) atoms. The van der Waals surface area contributed by atoms with Gasteiger partial charge in [-0.15, -0.1) is 0 Å². The SMILES string of the molecule is COC(=O)COC(C)(C=O)C(=O)OCC1CC2CC1CC2COC(=O)C(C)(C=O)OCC(=O)OC. The number of hydrogen-bond donors (Lipinski definition) is 0. The van der Waals surface area contributed by atoms with E-state index in [1.54, 1.807) is 0 Å². The smallest absolute Gasteiger partial charge is 0.345 e. The Bertz CT molecular complexity index is 759. The van der Waals surface area contributed by atoms with Crippen molar-refractivity contribution in [3.05, 3.63) is 0 Å². The lowest BCUT2D eigenvalue weighted by molar-refractivity contribution is -0.179. The van der Waals surface area contributed by atoms with Crippen molar-refractivity contribution in [3.8, 4) is 0 Å². The van der Waals surface area contributed by atoms with Gasteiger partial charge in [0.15, 0.2) is 12.6 Å². The van der Waals surface area contributed by atoms with Crippen LogP contribution in [0.15, 0.2) is 0 Å². The van der Waals surface area contributed by atoms with Gasteiger partial charge in [-0.25, -0.2) is 19.2 Å². The number of esters is 4. The molecule has 196 valence electrons. The Kier molecular flexibility index (Phi) is 9.90. The number of fused-ring (bicyclic) bond motifs is 2. The maximum Gasteiger partial charge on any atom is 0.345 e. The molecule has 6 unspecified atom stereocenters. The van der Waals surface area contributed by atoms with Gasteiger partial charge in [-0.1, -0.05) is 0 Å². The standard InChI is InChI=1S/C23H32O12/c1-22(12-24,34-10-18(26)30-3)20(28)32-8-16-6-15-5-14(16)7-17(15)9-33-21(29)23(2,13-25)35-11-19(27)31-4/h12-17H,5-11H2,1-4H3. The molecule has 2 bridgehead atoms. The van der Waals surface area contributed by atoms with Crippen LogP contribution in [0.2, 0.25) is 0 Å². The molecule has 2 fully saturated rings. The third kappa shape index (κ3) is 7.07. The summed E-state index contributed by atoms with van der Waals surface area (Å²) in [5.41, 5.74) is -3.83. The van der Waals surface area contributed by atoms with Gasteiger partial charge in [0.1, 0.15) is 13.2 Å². The first-order valence-electron chi connectivity index (χ1n) is 11.2. The van der Waals surface area contributed by atoms with Crippen LogP contribution in [0, 0.1) is 23.7 Å². The number of rotatable bonds is 14. The molecule has 2 saturated carbocycles. The van der Waals surface area contributed by atoms with E-state index in [0.717, 1.165) is 33.5 Å². The van der Waals surface area contributed by atoms with E-state index in [1.165, 1.54) is 13.8 Å². The van der Waals surface area contributed by atoms with Crippen LogP contribution < -0.4 is 0 Å². The minimum atomic E-state index is -1.91. The van der Waals surface area contributed by atoms with Gasteiger partial charge in [0.25, 0.3) is 0 Å². The molecular formula is C23H32O12. The van der Waals surface area contributed by atoms with Crippen molar-refractivity contribution in [1.82, 2.24) is 0 Å². The summed E-state index contributed by atoms with van der Waals surface area (Å²) in [6.45, 7) is 1.51. The van der Waals surface area contributed by atoms with Crippen molar-refractivity contribution in [2.75, 3.05) is 40.6 Å². The lowest BCUT2D eigenvalue weighted by Gasteiger charge is -2.29. The average Bonchev–Trinajstić information content (AvgIpc) is 3.47. The van der Waals surface area contributed by atoms with E-state index < -0.39 is 48.3 Å². The molecule has 0 amide bonds. The summed E-state index contributed by atoms with van der Waals surface area (Å²) in [6.07, 6.45) is 2.92. The summed E-state index contributed by atoms with van der Waals surface area (Å²) in [4.78, 5) is 70.0. The van der Waals surface area contributed by atoms with Crippen LogP contribution in [-0.4, -0.2) is 88.3 Å². The Labute approximate surface area is 202 Å². The fraction of sp³-hybridized carbons (Fsp3) is 0.739. The van der Waals surface area contributed by atoms with Crippen LogP contribution in [-0.2, 0) is 57.2 Å². The van der Waals surface area contributed by atoms with Gasteiger partial charge in [0.2, 0.25) is 11.2 Å². The molecule has 0 radical (unpaired) electrons. The van der Waals surface area contributed by atoms with Crippen molar-refractivity contribution in [2.24, 2.45) is 23.7 Å². The zero-order chi connectivity index (χ0) is 26.2. The van der Waals surface area contributed by atoms with Gasteiger partial charge < -0.3 is 28.4 Å². The fourth-order valence-electron chi connectivity index (χ4n) is 4.39. The van der Waals surface area contributed by atoms with Gasteiger partial charge >= 0.3 is 23.9 Å². The highest BCUT2D eigenvalue weighted by Crippen LogP contribution is 2.52. The van der Waals surface area contributed by atoms with E-state index in [9.17, 15) is 28.8 Å². The third-order valence-corrected chi connectivity index (χ3v) is 6.70. The molecular weight excluding hydrogens is 468 g/mol. The maximum atomic E-state index is 12.4. The molecule has 0 aromatic heterocycles. The number of methoxy groups -OCH3 is 2. The van der Waals surface area contributed by atoms with Crippen molar-refractivity contribution in [3.63, 3.8) is 0 Å². The Morgan fingerprint density at radius 2 is 1.09 bits per heavy atom. The summed E-state index contributed by atoms with van der Waals surface area (Å²) in [6, 6.07) is 0. The zero-order valence-corrected chi connectivity index (χ0v) is 20.3. The Hall–Kier alpha value is -2.86. The summed E-state index contributed by atoms with van der Waals surface area (Å²) in [7, 11) is 2.32. The van der Waals surface area contributed by atoms with Crippen molar-refractivity contribution >= 4 is 36.4 Å². The predicted molar refractivity (Wildman–Crippen MR) is 115 cm³/mol. The molecule has 0 saturated heterocycles. The first-order valence-corrected chi connectivity index (χ1v) is 11.2. The minimum Gasteiger partial charge on any atom is -0.467 e. The summed E-state index contributed by atoms with van der Waals surface area (Å²) < 4.78 is 29.7. The second-order valence-corrected chi connectivity index (χ2v) is 9.12. The fourth-order valence-corrected chi connectivity index (χ4v) is 4.39. The highest BCUT2D eigenvalue weighted by Gasteiger charge is 2.48. The molecule has 0 spiro atoms. The highest BCUT2D eigenvalue weighted by molar-refractivity contribution is 5.97. The molecule has 0 heterocycles. The monoisotopic (exact) mass is 500 g/mol.